The number of likely N-dealkylation sites (N-methyl/N-ethyl adjacent to an activating group) is 1. The van der Waals surface area contributed by atoms with Crippen LogP contribution in [0.1, 0.15) is 45.1 Å². The van der Waals surface area contributed by atoms with Crippen molar-refractivity contribution in [2.24, 2.45) is 5.92 Å². The lowest BCUT2D eigenvalue weighted by Gasteiger charge is -2.32. The van der Waals surface area contributed by atoms with Gasteiger partial charge < -0.3 is 5.32 Å². The first-order chi connectivity index (χ1) is 8.60. The molecule has 0 heterocycles. The van der Waals surface area contributed by atoms with E-state index >= 15 is 0 Å². The third-order valence-corrected chi connectivity index (χ3v) is 3.81. The highest BCUT2D eigenvalue weighted by Crippen LogP contribution is 2.32. The van der Waals surface area contributed by atoms with Crippen molar-refractivity contribution in [3.05, 3.63) is 48.0 Å². The van der Waals surface area contributed by atoms with Crippen LogP contribution < -0.4 is 5.32 Å². The lowest BCUT2D eigenvalue weighted by atomic mass is 9.78. The van der Waals surface area contributed by atoms with E-state index in [0.717, 1.165) is 6.42 Å². The maximum Gasteiger partial charge on any atom is 0.0172 e. The van der Waals surface area contributed by atoms with Gasteiger partial charge in [-0.25, -0.2) is 0 Å². The van der Waals surface area contributed by atoms with Crippen LogP contribution >= 0.6 is 0 Å². The molecular formula is C17H27N. The summed E-state index contributed by atoms with van der Waals surface area (Å²) < 4.78 is 0. The Morgan fingerprint density at radius 3 is 2.33 bits per heavy atom. The van der Waals surface area contributed by atoms with Crippen molar-refractivity contribution < 1.29 is 0 Å². The summed E-state index contributed by atoms with van der Waals surface area (Å²) in [5.41, 5.74) is 2.69. The standard InChI is InChI=1S/C17H27N/c1-6-14(4)17(15-10-8-7-9-11-15)16(18-5)12-13(2)3/h7-11,14,16-18H,2,6,12H2,1,3-5H3. The lowest BCUT2D eigenvalue weighted by molar-refractivity contribution is 0.346. The fourth-order valence-electron chi connectivity index (χ4n) is 2.67. The van der Waals surface area contributed by atoms with Crippen LogP contribution in [0.5, 0.6) is 0 Å². The van der Waals surface area contributed by atoms with Crippen LogP contribution in [-0.4, -0.2) is 13.1 Å². The zero-order chi connectivity index (χ0) is 13.5. The molecule has 0 aliphatic rings. The molecule has 18 heavy (non-hydrogen) atoms. The van der Waals surface area contributed by atoms with Gasteiger partial charge in [0.25, 0.3) is 0 Å². The predicted octanol–water partition coefficient (Wildman–Crippen LogP) is 4.37. The number of rotatable bonds is 7. The minimum atomic E-state index is 0.472. The van der Waals surface area contributed by atoms with Gasteiger partial charge in [0.2, 0.25) is 0 Å². The molecule has 0 spiro atoms. The van der Waals surface area contributed by atoms with Gasteiger partial charge in [0.05, 0.1) is 0 Å². The minimum Gasteiger partial charge on any atom is -0.316 e. The first kappa shape index (κ1) is 15.0. The van der Waals surface area contributed by atoms with Gasteiger partial charge >= 0.3 is 0 Å². The molecule has 1 rings (SSSR count). The first-order valence-corrected chi connectivity index (χ1v) is 6.96. The van der Waals surface area contributed by atoms with Crippen molar-refractivity contribution in [1.82, 2.24) is 5.32 Å². The summed E-state index contributed by atoms with van der Waals surface area (Å²) in [6.45, 7) is 10.8. The Morgan fingerprint density at radius 1 is 1.28 bits per heavy atom. The minimum absolute atomic E-state index is 0.472. The molecule has 0 fully saturated rings. The normalized spacial score (nSPS) is 16.0. The second-order valence-electron chi connectivity index (χ2n) is 5.38. The molecular weight excluding hydrogens is 218 g/mol. The molecule has 1 aromatic carbocycles. The molecule has 0 saturated heterocycles. The molecule has 1 N–H and O–H groups in total. The summed E-state index contributed by atoms with van der Waals surface area (Å²) in [4.78, 5) is 0. The highest BCUT2D eigenvalue weighted by atomic mass is 14.9. The van der Waals surface area contributed by atoms with Crippen molar-refractivity contribution in [3.8, 4) is 0 Å². The van der Waals surface area contributed by atoms with Gasteiger partial charge in [-0.2, -0.15) is 0 Å². The fourth-order valence-corrected chi connectivity index (χ4v) is 2.67. The van der Waals surface area contributed by atoms with Gasteiger partial charge in [0, 0.05) is 12.0 Å². The van der Waals surface area contributed by atoms with Crippen LogP contribution in [0.3, 0.4) is 0 Å². The number of benzene rings is 1. The van der Waals surface area contributed by atoms with E-state index in [4.69, 9.17) is 0 Å². The van der Waals surface area contributed by atoms with Crippen LogP contribution in [0.25, 0.3) is 0 Å². The van der Waals surface area contributed by atoms with Crippen LogP contribution in [0.15, 0.2) is 42.5 Å². The van der Waals surface area contributed by atoms with E-state index in [9.17, 15) is 0 Å². The smallest absolute Gasteiger partial charge is 0.0172 e. The van der Waals surface area contributed by atoms with E-state index in [1.807, 2.05) is 0 Å². The quantitative estimate of drug-likeness (QED) is 0.703. The molecule has 0 radical (unpaired) electrons. The third-order valence-electron chi connectivity index (χ3n) is 3.81. The van der Waals surface area contributed by atoms with E-state index in [2.05, 4.69) is 70.0 Å². The van der Waals surface area contributed by atoms with E-state index < -0.39 is 0 Å². The van der Waals surface area contributed by atoms with Gasteiger partial charge in [-0.15, -0.1) is 6.58 Å². The maximum atomic E-state index is 4.06. The SMILES string of the molecule is C=C(C)CC(NC)C(c1ccccc1)C(C)CC. The summed E-state index contributed by atoms with van der Waals surface area (Å²) in [5.74, 6) is 1.22. The Bertz CT molecular complexity index is 355. The van der Waals surface area contributed by atoms with E-state index in [-0.39, 0.29) is 0 Å². The topological polar surface area (TPSA) is 12.0 Å². The zero-order valence-electron chi connectivity index (χ0n) is 12.2. The summed E-state index contributed by atoms with van der Waals surface area (Å²) in [6.07, 6.45) is 2.24. The average molecular weight is 245 g/mol. The Morgan fingerprint density at radius 2 is 1.89 bits per heavy atom. The molecule has 3 atom stereocenters. The number of nitrogens with one attached hydrogen (secondary N) is 1. The highest BCUT2D eigenvalue weighted by Gasteiger charge is 2.26. The second kappa shape index (κ2) is 7.38. The van der Waals surface area contributed by atoms with Crippen LogP contribution in [-0.2, 0) is 0 Å². The molecule has 0 aromatic heterocycles. The predicted molar refractivity (Wildman–Crippen MR) is 80.9 cm³/mol. The van der Waals surface area contributed by atoms with Crippen LogP contribution in [0, 0.1) is 5.92 Å². The maximum absolute atomic E-state index is 4.06. The van der Waals surface area contributed by atoms with Gasteiger partial charge in [-0.3, -0.25) is 0 Å². The Balaban J connectivity index is 3.00. The van der Waals surface area contributed by atoms with E-state index in [1.54, 1.807) is 0 Å². The molecule has 1 nitrogen and oxygen atoms in total. The van der Waals surface area contributed by atoms with Gasteiger partial charge in [0.1, 0.15) is 0 Å². The van der Waals surface area contributed by atoms with E-state index in [1.165, 1.54) is 17.6 Å². The lowest BCUT2D eigenvalue weighted by Crippen LogP contribution is -2.35. The number of hydrogen-bond donors (Lipinski definition) is 1. The summed E-state index contributed by atoms with van der Waals surface area (Å²) >= 11 is 0. The first-order valence-electron chi connectivity index (χ1n) is 6.96. The molecule has 0 bridgehead atoms. The van der Waals surface area contributed by atoms with Gasteiger partial charge in [-0.1, -0.05) is 56.2 Å². The molecule has 3 unspecified atom stereocenters. The zero-order valence-corrected chi connectivity index (χ0v) is 12.2. The summed E-state index contributed by atoms with van der Waals surface area (Å²) in [6, 6.07) is 11.3. The fraction of sp³-hybridized carbons (Fsp3) is 0.529. The second-order valence-corrected chi connectivity index (χ2v) is 5.38. The molecule has 1 heteroatoms. The van der Waals surface area contributed by atoms with Crippen LogP contribution in [0.2, 0.25) is 0 Å². The summed E-state index contributed by atoms with van der Waals surface area (Å²) in [5, 5.41) is 3.49. The van der Waals surface area contributed by atoms with Crippen molar-refractivity contribution in [3.63, 3.8) is 0 Å². The van der Waals surface area contributed by atoms with E-state index in [0.29, 0.717) is 17.9 Å². The van der Waals surface area contributed by atoms with Crippen molar-refractivity contribution in [1.29, 1.82) is 0 Å². The Labute approximate surface area is 112 Å². The van der Waals surface area contributed by atoms with Crippen molar-refractivity contribution in [2.75, 3.05) is 7.05 Å². The average Bonchev–Trinajstić information content (AvgIpc) is 2.38. The van der Waals surface area contributed by atoms with Crippen LogP contribution in [0.4, 0.5) is 0 Å². The van der Waals surface area contributed by atoms with Crippen molar-refractivity contribution >= 4 is 0 Å². The largest absolute Gasteiger partial charge is 0.316 e. The molecule has 0 aliphatic carbocycles. The van der Waals surface area contributed by atoms with Gasteiger partial charge in [0.15, 0.2) is 0 Å². The molecule has 0 aliphatic heterocycles. The monoisotopic (exact) mass is 245 g/mol. The Kier molecular flexibility index (Phi) is 6.14. The van der Waals surface area contributed by atoms with Gasteiger partial charge in [-0.05, 0) is 31.9 Å². The van der Waals surface area contributed by atoms with Crippen molar-refractivity contribution in [2.45, 2.75) is 45.6 Å². The molecule has 1 aromatic rings. The molecule has 0 amide bonds. The highest BCUT2D eigenvalue weighted by molar-refractivity contribution is 5.23. The summed E-state index contributed by atoms with van der Waals surface area (Å²) in [7, 11) is 2.06. The third kappa shape index (κ3) is 3.99. The number of hydrogen-bond acceptors (Lipinski definition) is 1. The molecule has 0 saturated carbocycles. The molecule has 100 valence electrons. The Hall–Kier alpha value is -1.08.